The molecule has 0 fully saturated rings. The molecule has 1 aliphatic carbocycles. The fourth-order valence-corrected chi connectivity index (χ4v) is 4.53. The summed E-state index contributed by atoms with van der Waals surface area (Å²) >= 11 is 0. The molecular formula is C25H16F2O2. The topological polar surface area (TPSA) is 40.5 Å². The van der Waals surface area contributed by atoms with Crippen LogP contribution in [-0.2, 0) is 5.41 Å². The van der Waals surface area contributed by atoms with Crippen molar-refractivity contribution in [1.82, 2.24) is 0 Å². The number of phenols is 2. The zero-order valence-electron chi connectivity index (χ0n) is 15.2. The highest BCUT2D eigenvalue weighted by Gasteiger charge is 2.48. The number of rotatable bonds is 2. The lowest BCUT2D eigenvalue weighted by Crippen LogP contribution is -2.30. The average molecular weight is 386 g/mol. The summed E-state index contributed by atoms with van der Waals surface area (Å²) in [6.07, 6.45) is 0. The van der Waals surface area contributed by atoms with Gasteiger partial charge in [-0.3, -0.25) is 0 Å². The van der Waals surface area contributed by atoms with Gasteiger partial charge in [-0.1, -0.05) is 66.7 Å². The van der Waals surface area contributed by atoms with Gasteiger partial charge in [0, 0.05) is 5.56 Å². The Morgan fingerprint density at radius 1 is 0.552 bits per heavy atom. The van der Waals surface area contributed by atoms with Crippen molar-refractivity contribution in [1.29, 1.82) is 0 Å². The van der Waals surface area contributed by atoms with Gasteiger partial charge in [0.25, 0.3) is 0 Å². The molecule has 0 aromatic heterocycles. The van der Waals surface area contributed by atoms with Gasteiger partial charge < -0.3 is 10.2 Å². The quantitative estimate of drug-likeness (QED) is 0.406. The first-order chi connectivity index (χ1) is 14.0. The SMILES string of the molecule is Oc1ccc(C2(c3ccc(O)c(F)c3F)c3ccccc3-c3ccccc32)cc1. The first-order valence-corrected chi connectivity index (χ1v) is 9.21. The van der Waals surface area contributed by atoms with Crippen molar-refractivity contribution in [2.45, 2.75) is 5.41 Å². The molecule has 0 atom stereocenters. The minimum absolute atomic E-state index is 0.0841. The standard InChI is InChI=1S/C25H16F2O2/c26-23-21(13-14-22(29)24(23)27)25(15-9-11-16(28)12-10-15)19-7-3-1-5-17(19)18-6-2-4-8-20(18)25/h1-14,28-29H. The normalized spacial score (nSPS) is 13.7. The van der Waals surface area contributed by atoms with Crippen LogP contribution in [0.5, 0.6) is 11.5 Å². The summed E-state index contributed by atoms with van der Waals surface area (Å²) in [5.41, 5.74) is 3.17. The van der Waals surface area contributed by atoms with E-state index in [2.05, 4.69) is 0 Å². The van der Waals surface area contributed by atoms with Gasteiger partial charge in [-0.15, -0.1) is 0 Å². The molecule has 5 rings (SSSR count). The zero-order chi connectivity index (χ0) is 20.2. The second-order valence-electron chi connectivity index (χ2n) is 7.15. The molecule has 0 heterocycles. The first kappa shape index (κ1) is 17.4. The average Bonchev–Trinajstić information content (AvgIpc) is 3.04. The molecule has 0 unspecified atom stereocenters. The summed E-state index contributed by atoms with van der Waals surface area (Å²) in [5, 5.41) is 19.5. The Hall–Kier alpha value is -3.66. The minimum atomic E-state index is -1.28. The van der Waals surface area contributed by atoms with Gasteiger partial charge in [0.1, 0.15) is 5.75 Å². The number of halogens is 2. The number of benzene rings is 4. The molecule has 0 saturated heterocycles. The van der Waals surface area contributed by atoms with Crippen molar-refractivity contribution in [3.63, 3.8) is 0 Å². The molecule has 4 aromatic carbocycles. The van der Waals surface area contributed by atoms with E-state index < -0.39 is 22.8 Å². The van der Waals surface area contributed by atoms with Gasteiger partial charge in [-0.05, 0) is 46.0 Å². The molecule has 4 aromatic rings. The van der Waals surface area contributed by atoms with Gasteiger partial charge in [0.05, 0.1) is 5.41 Å². The monoisotopic (exact) mass is 386 g/mol. The fraction of sp³-hybridized carbons (Fsp3) is 0.0400. The van der Waals surface area contributed by atoms with Crippen molar-refractivity contribution in [3.05, 3.63) is 119 Å². The highest BCUT2D eigenvalue weighted by Crippen LogP contribution is 2.56. The number of aromatic hydroxyl groups is 2. The summed E-state index contributed by atoms with van der Waals surface area (Å²) < 4.78 is 29.8. The van der Waals surface area contributed by atoms with Gasteiger partial charge in [-0.25, -0.2) is 4.39 Å². The molecule has 0 aliphatic heterocycles. The van der Waals surface area contributed by atoms with E-state index in [1.165, 1.54) is 24.3 Å². The minimum Gasteiger partial charge on any atom is -0.508 e. The summed E-state index contributed by atoms with van der Waals surface area (Å²) in [4.78, 5) is 0. The van der Waals surface area contributed by atoms with Crippen LogP contribution in [0.25, 0.3) is 11.1 Å². The van der Waals surface area contributed by atoms with E-state index in [4.69, 9.17) is 0 Å². The van der Waals surface area contributed by atoms with E-state index in [0.29, 0.717) is 5.56 Å². The third-order valence-corrected chi connectivity index (χ3v) is 5.72. The molecule has 29 heavy (non-hydrogen) atoms. The van der Waals surface area contributed by atoms with E-state index >= 15 is 4.39 Å². The number of fused-ring (bicyclic) bond motifs is 3. The van der Waals surface area contributed by atoms with Crippen LogP contribution in [-0.4, -0.2) is 10.2 Å². The van der Waals surface area contributed by atoms with E-state index in [0.717, 1.165) is 22.3 Å². The van der Waals surface area contributed by atoms with Crippen LogP contribution >= 0.6 is 0 Å². The van der Waals surface area contributed by atoms with Crippen LogP contribution in [0.3, 0.4) is 0 Å². The van der Waals surface area contributed by atoms with Gasteiger partial charge in [0.2, 0.25) is 5.82 Å². The molecule has 0 amide bonds. The van der Waals surface area contributed by atoms with Crippen LogP contribution in [0.2, 0.25) is 0 Å². The van der Waals surface area contributed by atoms with Crippen molar-refractivity contribution >= 4 is 0 Å². The maximum absolute atomic E-state index is 15.3. The summed E-state index contributed by atoms with van der Waals surface area (Å²) in [7, 11) is 0. The van der Waals surface area contributed by atoms with Crippen molar-refractivity contribution < 1.29 is 19.0 Å². The highest BCUT2D eigenvalue weighted by molar-refractivity contribution is 5.86. The van der Waals surface area contributed by atoms with E-state index in [1.807, 2.05) is 48.5 Å². The largest absolute Gasteiger partial charge is 0.508 e. The maximum atomic E-state index is 15.3. The third-order valence-electron chi connectivity index (χ3n) is 5.72. The fourth-order valence-electron chi connectivity index (χ4n) is 4.53. The maximum Gasteiger partial charge on any atom is 0.200 e. The molecule has 0 spiro atoms. The molecule has 142 valence electrons. The lowest BCUT2D eigenvalue weighted by atomic mass is 9.67. The zero-order valence-corrected chi connectivity index (χ0v) is 15.2. The lowest BCUT2D eigenvalue weighted by molar-refractivity contribution is 0.401. The summed E-state index contributed by atoms with van der Waals surface area (Å²) in [6.45, 7) is 0. The highest BCUT2D eigenvalue weighted by atomic mass is 19.2. The molecule has 1 aliphatic rings. The number of phenolic OH excluding ortho intramolecular Hbond substituents is 2. The van der Waals surface area contributed by atoms with Crippen LogP contribution in [0.4, 0.5) is 8.78 Å². The Kier molecular flexibility index (Phi) is 3.71. The van der Waals surface area contributed by atoms with Crippen molar-refractivity contribution in [2.75, 3.05) is 0 Å². The van der Waals surface area contributed by atoms with Gasteiger partial charge in [0.15, 0.2) is 11.6 Å². The van der Waals surface area contributed by atoms with Crippen molar-refractivity contribution in [2.24, 2.45) is 0 Å². The number of hydrogen-bond acceptors (Lipinski definition) is 2. The molecular weight excluding hydrogens is 370 g/mol. The Morgan fingerprint density at radius 2 is 1.10 bits per heavy atom. The molecule has 0 radical (unpaired) electrons. The Labute approximate surface area is 166 Å². The first-order valence-electron chi connectivity index (χ1n) is 9.21. The predicted molar refractivity (Wildman–Crippen MR) is 107 cm³/mol. The van der Waals surface area contributed by atoms with Gasteiger partial charge in [-0.2, -0.15) is 4.39 Å². The van der Waals surface area contributed by atoms with E-state index in [1.54, 1.807) is 12.1 Å². The molecule has 2 nitrogen and oxygen atoms in total. The predicted octanol–water partition coefficient (Wildman–Crippen LogP) is 5.74. The van der Waals surface area contributed by atoms with Crippen LogP contribution in [0, 0.1) is 11.6 Å². The smallest absolute Gasteiger partial charge is 0.200 e. The second kappa shape index (κ2) is 6.17. The Balaban J connectivity index is 1.99. The molecule has 0 bridgehead atoms. The second-order valence-corrected chi connectivity index (χ2v) is 7.15. The van der Waals surface area contributed by atoms with Crippen LogP contribution in [0.15, 0.2) is 84.9 Å². The molecule has 2 N–H and O–H groups in total. The molecule has 0 saturated carbocycles. The summed E-state index contributed by atoms with van der Waals surface area (Å²) in [6, 6.07) is 24.4. The summed E-state index contributed by atoms with van der Waals surface area (Å²) in [5.74, 6) is -3.01. The van der Waals surface area contributed by atoms with E-state index in [-0.39, 0.29) is 11.3 Å². The van der Waals surface area contributed by atoms with Crippen LogP contribution in [0.1, 0.15) is 22.3 Å². The number of hydrogen-bond donors (Lipinski definition) is 2. The molecule has 4 heteroatoms. The Morgan fingerprint density at radius 3 is 1.69 bits per heavy atom. The third kappa shape index (κ3) is 2.26. The van der Waals surface area contributed by atoms with Crippen LogP contribution < -0.4 is 0 Å². The lowest BCUT2D eigenvalue weighted by Gasteiger charge is -2.34. The van der Waals surface area contributed by atoms with E-state index in [9.17, 15) is 14.6 Å². The Bertz CT molecular complexity index is 1200. The van der Waals surface area contributed by atoms with Gasteiger partial charge >= 0.3 is 0 Å². The van der Waals surface area contributed by atoms with Crippen molar-refractivity contribution in [3.8, 4) is 22.6 Å².